The van der Waals surface area contributed by atoms with Crippen LogP contribution in [0.25, 0.3) is 0 Å². The van der Waals surface area contributed by atoms with Gasteiger partial charge in [0.2, 0.25) is 0 Å². The van der Waals surface area contributed by atoms with E-state index < -0.39 is 11.8 Å². The molecule has 2 amide bonds. The quantitative estimate of drug-likeness (QED) is 0.894. The number of nitrogens with zero attached hydrogens (tertiary/aromatic N) is 1. The largest absolute Gasteiger partial charge is 0.478 e. The number of anilines is 1. The van der Waals surface area contributed by atoms with E-state index in [0.29, 0.717) is 19.0 Å². The molecule has 0 saturated carbocycles. The number of benzene rings is 1. The number of carbonyl (C=O) groups excluding carboxylic acids is 1. The van der Waals surface area contributed by atoms with Crippen LogP contribution < -0.4 is 5.32 Å². The van der Waals surface area contributed by atoms with Crippen LogP contribution in [-0.4, -0.2) is 35.1 Å². The van der Waals surface area contributed by atoms with Gasteiger partial charge in [-0.05, 0) is 30.5 Å². The fraction of sp³-hybridized carbons (Fsp3) is 0.429. The van der Waals surface area contributed by atoms with Gasteiger partial charge in [-0.1, -0.05) is 13.3 Å². The van der Waals surface area contributed by atoms with E-state index in [4.69, 9.17) is 5.11 Å². The number of hydrogen-bond donors (Lipinski definition) is 2. The van der Waals surface area contributed by atoms with Crippen LogP contribution in [0.15, 0.2) is 18.2 Å². The predicted molar refractivity (Wildman–Crippen MR) is 72.3 cm³/mol. The van der Waals surface area contributed by atoms with Crippen LogP contribution in [0.3, 0.4) is 0 Å². The Hall–Kier alpha value is -2.11. The fourth-order valence-electron chi connectivity index (χ4n) is 2.30. The van der Waals surface area contributed by atoms with Crippen molar-refractivity contribution in [1.29, 1.82) is 0 Å². The summed E-state index contributed by atoms with van der Waals surface area (Å²) in [5, 5.41) is 11.3. The lowest BCUT2D eigenvalue weighted by atomic mass is 10.1. The fourth-order valence-corrected chi connectivity index (χ4v) is 2.30. The smallest absolute Gasteiger partial charge is 0.335 e. The average Bonchev–Trinajstić information content (AvgIpc) is 2.89. The summed E-state index contributed by atoms with van der Waals surface area (Å²) in [5.74, 6) is -1.32. The van der Waals surface area contributed by atoms with Crippen molar-refractivity contribution >= 4 is 17.7 Å². The summed E-state index contributed by atoms with van der Waals surface area (Å²) in [6.07, 6.45) is 1.95. The molecule has 1 saturated heterocycles. The SMILES string of the molecule is CCC1CCN(C(=O)Nc2cc(C(=O)O)ccc2F)C1. The highest BCUT2D eigenvalue weighted by Gasteiger charge is 2.25. The van der Waals surface area contributed by atoms with Crippen LogP contribution in [-0.2, 0) is 0 Å². The van der Waals surface area contributed by atoms with Crippen molar-refractivity contribution in [3.8, 4) is 0 Å². The van der Waals surface area contributed by atoms with E-state index in [-0.39, 0.29) is 17.3 Å². The third-order valence-corrected chi connectivity index (χ3v) is 3.61. The van der Waals surface area contributed by atoms with Gasteiger partial charge in [0.25, 0.3) is 0 Å². The van der Waals surface area contributed by atoms with Crippen molar-refractivity contribution in [1.82, 2.24) is 4.90 Å². The summed E-state index contributed by atoms with van der Waals surface area (Å²) in [6, 6.07) is 2.94. The molecule has 5 nitrogen and oxygen atoms in total. The number of carboxylic acids is 1. The lowest BCUT2D eigenvalue weighted by Crippen LogP contribution is -2.33. The average molecular weight is 280 g/mol. The molecule has 6 heteroatoms. The number of carbonyl (C=O) groups is 2. The van der Waals surface area contributed by atoms with Crippen LogP contribution in [0, 0.1) is 11.7 Å². The van der Waals surface area contributed by atoms with Crippen LogP contribution in [0.5, 0.6) is 0 Å². The third-order valence-electron chi connectivity index (χ3n) is 3.61. The number of amides is 2. The Morgan fingerprint density at radius 3 is 2.85 bits per heavy atom. The lowest BCUT2D eigenvalue weighted by molar-refractivity contribution is 0.0697. The van der Waals surface area contributed by atoms with Crippen molar-refractivity contribution in [3.63, 3.8) is 0 Å². The summed E-state index contributed by atoms with van der Waals surface area (Å²) < 4.78 is 13.6. The molecule has 1 aromatic rings. The molecule has 1 fully saturated rings. The number of urea groups is 1. The van der Waals surface area contributed by atoms with E-state index in [0.717, 1.165) is 31.0 Å². The standard InChI is InChI=1S/C14H17FN2O3/c1-2-9-5-6-17(8-9)14(20)16-12-7-10(13(18)19)3-4-11(12)15/h3-4,7,9H,2,5-6,8H2,1H3,(H,16,20)(H,18,19). The van der Waals surface area contributed by atoms with Gasteiger partial charge in [0.05, 0.1) is 11.3 Å². The number of hydrogen-bond acceptors (Lipinski definition) is 2. The van der Waals surface area contributed by atoms with E-state index in [9.17, 15) is 14.0 Å². The zero-order valence-corrected chi connectivity index (χ0v) is 11.2. The van der Waals surface area contributed by atoms with Crippen LogP contribution >= 0.6 is 0 Å². The van der Waals surface area contributed by atoms with E-state index in [1.54, 1.807) is 4.90 Å². The van der Waals surface area contributed by atoms with Crippen LogP contribution in [0.4, 0.5) is 14.9 Å². The second kappa shape index (κ2) is 5.90. The Morgan fingerprint density at radius 1 is 1.50 bits per heavy atom. The second-order valence-electron chi connectivity index (χ2n) is 4.94. The number of rotatable bonds is 3. The Labute approximate surface area is 116 Å². The molecule has 0 aliphatic carbocycles. The molecule has 108 valence electrons. The highest BCUT2D eigenvalue weighted by Crippen LogP contribution is 2.21. The predicted octanol–water partition coefficient (Wildman–Crippen LogP) is 2.79. The highest BCUT2D eigenvalue weighted by atomic mass is 19.1. The molecule has 1 aliphatic rings. The lowest BCUT2D eigenvalue weighted by Gasteiger charge is -2.17. The maximum Gasteiger partial charge on any atom is 0.335 e. The molecule has 2 rings (SSSR count). The van der Waals surface area contributed by atoms with E-state index in [2.05, 4.69) is 12.2 Å². The van der Waals surface area contributed by atoms with Gasteiger partial charge in [-0.2, -0.15) is 0 Å². The first-order valence-electron chi connectivity index (χ1n) is 6.60. The Balaban J connectivity index is 2.08. The second-order valence-corrected chi connectivity index (χ2v) is 4.94. The van der Waals surface area contributed by atoms with Gasteiger partial charge in [-0.25, -0.2) is 14.0 Å². The summed E-state index contributed by atoms with van der Waals surface area (Å²) >= 11 is 0. The summed E-state index contributed by atoms with van der Waals surface area (Å²) in [4.78, 5) is 24.5. The van der Waals surface area contributed by atoms with Crippen molar-refractivity contribution in [3.05, 3.63) is 29.6 Å². The highest BCUT2D eigenvalue weighted by molar-refractivity contribution is 5.93. The molecule has 1 aliphatic heterocycles. The minimum Gasteiger partial charge on any atom is -0.478 e. The molecule has 0 bridgehead atoms. The van der Waals surface area contributed by atoms with E-state index >= 15 is 0 Å². The van der Waals surface area contributed by atoms with Crippen molar-refractivity contribution < 1.29 is 19.1 Å². The monoisotopic (exact) mass is 280 g/mol. The van der Waals surface area contributed by atoms with Gasteiger partial charge in [0.15, 0.2) is 0 Å². The zero-order chi connectivity index (χ0) is 14.7. The third kappa shape index (κ3) is 3.07. The summed E-state index contributed by atoms with van der Waals surface area (Å²) in [5.41, 5.74) is -0.163. The minimum atomic E-state index is -1.16. The molecule has 1 atom stereocenters. The van der Waals surface area contributed by atoms with Crippen molar-refractivity contribution in [2.24, 2.45) is 5.92 Å². The molecule has 0 spiro atoms. The first kappa shape index (κ1) is 14.3. The molecule has 0 aromatic heterocycles. The van der Waals surface area contributed by atoms with Crippen LogP contribution in [0.2, 0.25) is 0 Å². The topological polar surface area (TPSA) is 69.6 Å². The van der Waals surface area contributed by atoms with E-state index in [1.165, 1.54) is 0 Å². The van der Waals surface area contributed by atoms with Gasteiger partial charge in [0, 0.05) is 13.1 Å². The van der Waals surface area contributed by atoms with Gasteiger partial charge in [0.1, 0.15) is 5.82 Å². The molecular formula is C14H17FN2O3. The first-order valence-corrected chi connectivity index (χ1v) is 6.60. The van der Waals surface area contributed by atoms with Gasteiger partial charge in [-0.3, -0.25) is 0 Å². The van der Waals surface area contributed by atoms with Gasteiger partial charge >= 0.3 is 12.0 Å². The molecule has 1 unspecified atom stereocenters. The Morgan fingerprint density at radius 2 is 2.25 bits per heavy atom. The molecule has 20 heavy (non-hydrogen) atoms. The summed E-state index contributed by atoms with van der Waals surface area (Å²) in [6.45, 7) is 3.37. The maximum atomic E-state index is 13.6. The number of nitrogens with one attached hydrogen (secondary N) is 1. The normalized spacial score (nSPS) is 18.1. The number of halogens is 1. The van der Waals surface area contributed by atoms with Crippen molar-refractivity contribution in [2.75, 3.05) is 18.4 Å². The summed E-state index contributed by atoms with van der Waals surface area (Å²) in [7, 11) is 0. The Kier molecular flexibility index (Phi) is 4.22. The molecule has 1 heterocycles. The van der Waals surface area contributed by atoms with Gasteiger partial charge in [-0.15, -0.1) is 0 Å². The van der Waals surface area contributed by atoms with Gasteiger partial charge < -0.3 is 15.3 Å². The number of aromatic carboxylic acids is 1. The number of carboxylic acid groups (broad SMARTS) is 1. The maximum absolute atomic E-state index is 13.6. The first-order chi connectivity index (χ1) is 9.51. The Bertz CT molecular complexity index is 533. The molecule has 1 aromatic carbocycles. The number of likely N-dealkylation sites (tertiary alicyclic amines) is 1. The molecule has 0 radical (unpaired) electrons. The zero-order valence-electron chi connectivity index (χ0n) is 11.2. The van der Waals surface area contributed by atoms with E-state index in [1.807, 2.05) is 0 Å². The van der Waals surface area contributed by atoms with Crippen LogP contribution in [0.1, 0.15) is 30.1 Å². The molecular weight excluding hydrogens is 263 g/mol. The molecule has 2 N–H and O–H groups in total. The minimum absolute atomic E-state index is 0.0606. The van der Waals surface area contributed by atoms with Crippen molar-refractivity contribution in [2.45, 2.75) is 19.8 Å².